The number of hydrogen-bond acceptors (Lipinski definition) is 4. The van der Waals surface area contributed by atoms with Gasteiger partial charge in [-0.15, -0.1) is 0 Å². The fourth-order valence-electron chi connectivity index (χ4n) is 6.70. The average Bonchev–Trinajstić information content (AvgIpc) is 2.44. The Morgan fingerprint density at radius 1 is 0.800 bits per heavy atom. The summed E-state index contributed by atoms with van der Waals surface area (Å²) in [6.45, 7) is 10.4. The van der Waals surface area contributed by atoms with Gasteiger partial charge in [0.2, 0.25) is 0 Å². The second-order valence-electron chi connectivity index (χ2n) is 8.69. The second-order valence-corrected chi connectivity index (χ2v) is 8.69. The molecule has 0 aromatic rings. The highest BCUT2D eigenvalue weighted by Crippen LogP contribution is 2.72. The van der Waals surface area contributed by atoms with Gasteiger partial charge in [-0.25, -0.2) is 0 Å². The summed E-state index contributed by atoms with van der Waals surface area (Å²) in [5.41, 5.74) is -0.510. The molecule has 0 radical (unpaired) electrons. The third-order valence-corrected chi connectivity index (χ3v) is 7.39. The molecule has 0 aromatic carbocycles. The minimum atomic E-state index is -0.510. The number of allylic oxidation sites excluding steroid dienone is 2. The normalized spacial score (nSPS) is 44.2. The number of carbonyl (C=O) groups is 4. The van der Waals surface area contributed by atoms with E-state index in [9.17, 15) is 19.2 Å². The van der Waals surface area contributed by atoms with E-state index >= 15 is 0 Å². The van der Waals surface area contributed by atoms with Crippen LogP contribution in [0.5, 0.6) is 0 Å². The molecule has 2 fully saturated rings. The van der Waals surface area contributed by atoms with Crippen molar-refractivity contribution in [2.24, 2.45) is 52.8 Å². The van der Waals surface area contributed by atoms with Crippen LogP contribution in [0.25, 0.3) is 0 Å². The van der Waals surface area contributed by atoms with Crippen LogP contribution >= 0.6 is 0 Å². The molecule has 0 aromatic heterocycles. The maximum atomic E-state index is 12.6. The molecule has 8 atom stereocenters. The minimum absolute atomic E-state index is 0.00306. The predicted octanol–water partition coefficient (Wildman–Crippen LogP) is 2.90. The van der Waals surface area contributed by atoms with Crippen LogP contribution in [0, 0.1) is 52.8 Å². The van der Waals surface area contributed by atoms with Crippen LogP contribution in [0.15, 0.2) is 12.2 Å². The molecular weight excluding hydrogens is 316 g/mol. The quantitative estimate of drug-likeness (QED) is 0.719. The molecule has 4 nitrogen and oxygen atoms in total. The maximum Gasteiger partial charge on any atom is 0.134 e. The van der Waals surface area contributed by atoms with Crippen LogP contribution in [-0.4, -0.2) is 23.1 Å². The lowest BCUT2D eigenvalue weighted by Crippen LogP contribution is -2.72. The highest BCUT2D eigenvalue weighted by atomic mass is 16.1. The number of fused-ring (bicyclic) bond motifs is 1. The fourth-order valence-corrected chi connectivity index (χ4v) is 6.70. The number of rotatable bonds is 5. The topological polar surface area (TPSA) is 68.3 Å². The lowest BCUT2D eigenvalue weighted by Gasteiger charge is -2.70. The van der Waals surface area contributed by atoms with Gasteiger partial charge in [0.15, 0.2) is 0 Å². The van der Waals surface area contributed by atoms with Crippen LogP contribution < -0.4 is 0 Å². The van der Waals surface area contributed by atoms with Crippen molar-refractivity contribution in [3.05, 3.63) is 12.2 Å². The van der Waals surface area contributed by atoms with E-state index in [1.807, 2.05) is 0 Å². The lowest BCUT2D eigenvalue weighted by molar-refractivity contribution is -0.209. The first-order chi connectivity index (χ1) is 11.6. The van der Waals surface area contributed by atoms with Gasteiger partial charge in [0.25, 0.3) is 0 Å². The summed E-state index contributed by atoms with van der Waals surface area (Å²) >= 11 is 0. The van der Waals surface area contributed by atoms with Crippen LogP contribution in [0.4, 0.5) is 0 Å². The van der Waals surface area contributed by atoms with Gasteiger partial charge in [-0.2, -0.15) is 0 Å². The van der Waals surface area contributed by atoms with Gasteiger partial charge in [-0.3, -0.25) is 19.2 Å². The third-order valence-electron chi connectivity index (χ3n) is 7.39. The van der Waals surface area contributed by atoms with E-state index in [2.05, 4.69) is 26.0 Å². The number of hydrogen-bond donors (Lipinski definition) is 0. The van der Waals surface area contributed by atoms with Crippen molar-refractivity contribution in [2.75, 3.05) is 0 Å². The molecule has 0 aliphatic heterocycles. The zero-order valence-electron chi connectivity index (χ0n) is 15.9. The summed E-state index contributed by atoms with van der Waals surface area (Å²) in [5.74, 6) is -1.31. The number of Topliss-reactive ketones (excluding diaryl/α,β-unsaturated/α-hetero) is 4. The van der Waals surface area contributed by atoms with Gasteiger partial charge < -0.3 is 0 Å². The monoisotopic (exact) mass is 344 g/mol. The zero-order valence-corrected chi connectivity index (χ0v) is 15.9. The van der Waals surface area contributed by atoms with Crippen molar-refractivity contribution in [3.8, 4) is 0 Å². The first-order valence-corrected chi connectivity index (χ1v) is 9.28. The molecule has 8 unspecified atom stereocenters. The van der Waals surface area contributed by atoms with Crippen LogP contribution in [0.2, 0.25) is 0 Å². The third kappa shape index (κ3) is 2.12. The Balaban J connectivity index is 2.23. The summed E-state index contributed by atoms with van der Waals surface area (Å²) in [5, 5.41) is 0. The highest BCUT2D eigenvalue weighted by molar-refractivity contribution is 5.93. The smallest absolute Gasteiger partial charge is 0.134 e. The average molecular weight is 344 g/mol. The van der Waals surface area contributed by atoms with E-state index in [-0.39, 0.29) is 64.6 Å². The first kappa shape index (κ1) is 18.2. The number of carbonyl (C=O) groups excluding carboxylic acids is 4. The molecule has 0 saturated heterocycles. The summed E-state index contributed by atoms with van der Waals surface area (Å²) in [7, 11) is 0. The Hall–Kier alpha value is -1.58. The van der Waals surface area contributed by atoms with Gasteiger partial charge in [-0.1, -0.05) is 26.0 Å². The molecule has 0 amide bonds. The standard InChI is InChI=1S/C21H28O4/c1-9(2)21-8-7-14(15(10(3)22)19(21)13(6)25)18-16(11(4)23)17(12(5)24)20(18)21/h7-9,14-20H,1-6H3. The molecule has 4 aliphatic carbocycles. The van der Waals surface area contributed by atoms with Crippen molar-refractivity contribution in [1.82, 2.24) is 0 Å². The molecule has 4 heteroatoms. The Morgan fingerprint density at radius 3 is 1.72 bits per heavy atom. The molecule has 0 heterocycles. The molecule has 2 saturated carbocycles. The van der Waals surface area contributed by atoms with Crippen molar-refractivity contribution in [2.45, 2.75) is 41.5 Å². The molecular formula is C21H28O4. The molecule has 0 N–H and O–H groups in total. The maximum absolute atomic E-state index is 12.6. The summed E-state index contributed by atoms with van der Waals surface area (Å²) < 4.78 is 0. The largest absolute Gasteiger partial charge is 0.300 e. The molecule has 25 heavy (non-hydrogen) atoms. The molecule has 2 bridgehead atoms. The van der Waals surface area contributed by atoms with E-state index in [1.165, 1.54) is 0 Å². The van der Waals surface area contributed by atoms with E-state index in [0.717, 1.165) is 0 Å². The Kier molecular flexibility index (Phi) is 4.17. The summed E-state index contributed by atoms with van der Waals surface area (Å²) in [4.78, 5) is 49.9. The zero-order chi connectivity index (χ0) is 18.8. The highest BCUT2D eigenvalue weighted by Gasteiger charge is 2.73. The Bertz CT molecular complexity index is 688. The SMILES string of the molecule is CC(=O)C1C(C(C)=O)C2C1C1C=CC2(C(C)C)C(C(C)=O)C1C(C)=O. The molecule has 136 valence electrons. The number of ketones is 4. The van der Waals surface area contributed by atoms with Crippen LogP contribution in [0.3, 0.4) is 0 Å². The van der Waals surface area contributed by atoms with Crippen molar-refractivity contribution < 1.29 is 19.2 Å². The van der Waals surface area contributed by atoms with E-state index in [4.69, 9.17) is 0 Å². The Morgan fingerprint density at radius 2 is 1.32 bits per heavy atom. The molecule has 0 spiro atoms. The first-order valence-electron chi connectivity index (χ1n) is 9.28. The van der Waals surface area contributed by atoms with Crippen LogP contribution in [0.1, 0.15) is 41.5 Å². The summed E-state index contributed by atoms with van der Waals surface area (Å²) in [6.07, 6.45) is 4.18. The van der Waals surface area contributed by atoms with Crippen molar-refractivity contribution in [1.29, 1.82) is 0 Å². The van der Waals surface area contributed by atoms with Gasteiger partial charge in [-0.05, 0) is 51.4 Å². The van der Waals surface area contributed by atoms with Crippen molar-refractivity contribution in [3.63, 3.8) is 0 Å². The van der Waals surface area contributed by atoms with Crippen LogP contribution in [-0.2, 0) is 19.2 Å². The predicted molar refractivity (Wildman–Crippen MR) is 93.6 cm³/mol. The summed E-state index contributed by atoms with van der Waals surface area (Å²) in [6, 6.07) is 0. The minimum Gasteiger partial charge on any atom is -0.300 e. The van der Waals surface area contributed by atoms with E-state index < -0.39 is 11.3 Å². The van der Waals surface area contributed by atoms with Gasteiger partial charge in [0.05, 0.1) is 0 Å². The molecule has 4 rings (SSSR count). The van der Waals surface area contributed by atoms with Gasteiger partial charge >= 0.3 is 0 Å². The van der Waals surface area contributed by atoms with Gasteiger partial charge in [0, 0.05) is 29.1 Å². The molecule has 4 aliphatic rings. The van der Waals surface area contributed by atoms with Crippen molar-refractivity contribution >= 4 is 23.1 Å². The second kappa shape index (κ2) is 5.72. The van der Waals surface area contributed by atoms with Gasteiger partial charge in [0.1, 0.15) is 23.1 Å². The fraction of sp³-hybridized carbons (Fsp3) is 0.714. The van der Waals surface area contributed by atoms with E-state index in [1.54, 1.807) is 27.7 Å². The Labute approximate surface area is 149 Å². The van der Waals surface area contributed by atoms with E-state index in [0.29, 0.717) is 0 Å². The lowest BCUT2D eigenvalue weighted by atomic mass is 9.31.